The molecule has 0 aromatic rings. The highest BCUT2D eigenvalue weighted by Gasteiger charge is 2.62. The van der Waals surface area contributed by atoms with Crippen molar-refractivity contribution in [1.29, 1.82) is 0 Å². The van der Waals surface area contributed by atoms with Crippen LogP contribution in [0.1, 0.15) is 76.2 Å². The van der Waals surface area contributed by atoms with Gasteiger partial charge in [0, 0.05) is 0 Å². The van der Waals surface area contributed by atoms with Crippen LogP contribution >= 0.6 is 0 Å². The van der Waals surface area contributed by atoms with Crippen LogP contribution in [0.15, 0.2) is 0 Å². The topological polar surface area (TPSA) is 155 Å². The fraction of sp³-hybridized carbons (Fsp3) is 0.815. The lowest BCUT2D eigenvalue weighted by Crippen LogP contribution is -2.49. The molecule has 2 saturated heterocycles. The molecule has 2 fully saturated rings. The third kappa shape index (κ3) is 7.47. The summed E-state index contributed by atoms with van der Waals surface area (Å²) in [5.74, 6) is -3.61. The quantitative estimate of drug-likeness (QED) is 0.363. The number of hydrogen-bond donors (Lipinski definition) is 1. The van der Waals surface area contributed by atoms with Gasteiger partial charge in [-0.2, -0.15) is 0 Å². The molecule has 2 heterocycles. The van der Waals surface area contributed by atoms with Crippen molar-refractivity contribution in [1.82, 2.24) is 4.90 Å². The number of esters is 3. The number of rotatable bonds is 7. The lowest BCUT2D eigenvalue weighted by Gasteiger charge is -2.32. The van der Waals surface area contributed by atoms with E-state index in [9.17, 15) is 29.1 Å². The minimum absolute atomic E-state index is 0.447. The van der Waals surface area contributed by atoms with Crippen molar-refractivity contribution < 1.29 is 52.8 Å². The molecule has 0 bridgehead atoms. The van der Waals surface area contributed by atoms with Gasteiger partial charge in [-0.1, -0.05) is 6.92 Å². The van der Waals surface area contributed by atoms with Crippen LogP contribution in [0.4, 0.5) is 4.79 Å². The van der Waals surface area contributed by atoms with E-state index < -0.39 is 95.4 Å². The Morgan fingerprint density at radius 3 is 1.87 bits per heavy atom. The fourth-order valence-corrected chi connectivity index (χ4v) is 3.53. The normalized spacial score (nSPS) is 25.7. The van der Waals surface area contributed by atoms with Crippen LogP contribution in [0.2, 0.25) is 0 Å². The Morgan fingerprint density at radius 1 is 0.897 bits per heavy atom. The van der Waals surface area contributed by atoms with Crippen LogP contribution in [0.25, 0.3) is 0 Å². The summed E-state index contributed by atoms with van der Waals surface area (Å²) in [5, 5.41) is 9.93. The maximum atomic E-state index is 13.1. The molecule has 0 spiro atoms. The van der Waals surface area contributed by atoms with E-state index in [1.807, 2.05) is 0 Å². The van der Waals surface area contributed by atoms with Crippen molar-refractivity contribution in [2.24, 2.45) is 22.2 Å². The van der Waals surface area contributed by atoms with Crippen LogP contribution in [0.3, 0.4) is 0 Å². The van der Waals surface area contributed by atoms with Crippen molar-refractivity contribution in [2.45, 2.75) is 113 Å². The second-order valence-corrected chi connectivity index (χ2v) is 13.2. The summed E-state index contributed by atoms with van der Waals surface area (Å²) in [5.41, 5.74) is -2.77. The van der Waals surface area contributed by atoms with Gasteiger partial charge in [0.15, 0.2) is 24.5 Å². The first-order chi connectivity index (χ1) is 17.6. The molecule has 2 aliphatic rings. The predicted octanol–water partition coefficient (Wildman–Crippen LogP) is 2.58. The maximum absolute atomic E-state index is 13.1. The van der Waals surface area contributed by atoms with E-state index in [2.05, 4.69) is 0 Å². The Hall–Kier alpha value is -2.73. The molecular formula is C27H43NO11. The van der Waals surface area contributed by atoms with E-state index in [4.69, 9.17) is 23.7 Å². The summed E-state index contributed by atoms with van der Waals surface area (Å²) >= 11 is 0. The molecule has 1 N–H and O–H groups in total. The number of hydrogen-bond acceptors (Lipinski definition) is 11. The Labute approximate surface area is 229 Å². The first-order valence-electron chi connectivity index (χ1n) is 13.0. The lowest BCUT2D eigenvalue weighted by atomic mass is 9.96. The molecule has 0 aromatic heterocycles. The maximum Gasteiger partial charge on any atom is 0.419 e. The van der Waals surface area contributed by atoms with Crippen LogP contribution in [0, 0.1) is 22.2 Å². The van der Waals surface area contributed by atoms with Crippen molar-refractivity contribution in [3.05, 3.63) is 0 Å². The number of amides is 2. The fourth-order valence-electron chi connectivity index (χ4n) is 3.53. The van der Waals surface area contributed by atoms with Gasteiger partial charge in [-0.05, 0) is 69.2 Å². The van der Waals surface area contributed by atoms with E-state index in [1.165, 1.54) is 13.8 Å². The van der Waals surface area contributed by atoms with E-state index in [0.717, 1.165) is 4.90 Å². The number of carbonyl (C=O) groups is 5. The Kier molecular flexibility index (Phi) is 9.50. The Morgan fingerprint density at radius 2 is 1.41 bits per heavy atom. The summed E-state index contributed by atoms with van der Waals surface area (Å²) in [6, 6.07) is 0. The highest BCUT2D eigenvalue weighted by molar-refractivity contribution is 5.95. The first-order valence-corrected chi connectivity index (χ1v) is 13.0. The molecule has 222 valence electrons. The number of ether oxygens (including phenoxy) is 5. The molecule has 39 heavy (non-hydrogen) atoms. The number of carbonyl (C=O) groups excluding carboxylic acids is 5. The molecule has 0 saturated carbocycles. The molecule has 12 heteroatoms. The van der Waals surface area contributed by atoms with Gasteiger partial charge in [0.2, 0.25) is 5.91 Å². The average Bonchev–Trinajstić information content (AvgIpc) is 3.27. The summed E-state index contributed by atoms with van der Waals surface area (Å²) < 4.78 is 28.4. The van der Waals surface area contributed by atoms with Crippen molar-refractivity contribution >= 4 is 29.9 Å². The molecule has 2 rings (SSSR count). The molecule has 7 atom stereocenters. The Bertz CT molecular complexity index is 970. The third-order valence-corrected chi connectivity index (χ3v) is 6.35. The zero-order valence-corrected chi connectivity index (χ0v) is 24.7. The zero-order valence-electron chi connectivity index (χ0n) is 24.7. The molecule has 0 radical (unpaired) electrons. The molecule has 2 amide bonds. The van der Waals surface area contributed by atoms with Crippen molar-refractivity contribution in [3.63, 3.8) is 0 Å². The minimum Gasteiger partial charge on any atom is -0.461 e. The summed E-state index contributed by atoms with van der Waals surface area (Å²) in [7, 11) is 0. The third-order valence-electron chi connectivity index (χ3n) is 6.35. The highest BCUT2D eigenvalue weighted by Crippen LogP contribution is 2.39. The van der Waals surface area contributed by atoms with E-state index >= 15 is 0 Å². The average molecular weight is 558 g/mol. The molecule has 0 aromatic carbocycles. The largest absolute Gasteiger partial charge is 0.461 e. The van der Waals surface area contributed by atoms with Crippen LogP contribution in [-0.4, -0.2) is 83.3 Å². The molecule has 0 unspecified atom stereocenters. The second-order valence-electron chi connectivity index (χ2n) is 13.2. The predicted molar refractivity (Wildman–Crippen MR) is 136 cm³/mol. The second kappa shape index (κ2) is 11.4. The number of nitrogens with zero attached hydrogens (tertiary/aromatic N) is 1. The number of imide groups is 1. The number of aliphatic hydroxyl groups is 1. The summed E-state index contributed by atoms with van der Waals surface area (Å²) in [6.45, 7) is 17.1. The van der Waals surface area contributed by atoms with Gasteiger partial charge in [0.05, 0.1) is 28.3 Å². The van der Waals surface area contributed by atoms with E-state index in [1.54, 1.807) is 62.3 Å². The van der Waals surface area contributed by atoms with E-state index in [-0.39, 0.29) is 0 Å². The Balaban J connectivity index is 2.51. The van der Waals surface area contributed by atoms with Gasteiger partial charge < -0.3 is 28.8 Å². The SMILES string of the molecule is C[C@H](C(=O)N1C(=O)O[C@@H]2[C@@H](OC(=O)C(C)(C)C)[C@@H]([C@@H](COC(=O)C(C)(C)C)OC(=O)C(C)(C)C)O[C@@H]21)[C@@H](C)O. The number of fused-ring (bicyclic) bond motifs is 1. The molecular weight excluding hydrogens is 514 g/mol. The first kappa shape index (κ1) is 32.5. The van der Waals surface area contributed by atoms with Gasteiger partial charge in [-0.25, -0.2) is 9.69 Å². The minimum atomic E-state index is -1.34. The molecule has 12 nitrogen and oxygen atoms in total. The van der Waals surface area contributed by atoms with Crippen LogP contribution < -0.4 is 0 Å². The van der Waals surface area contributed by atoms with Crippen molar-refractivity contribution in [2.75, 3.05) is 6.61 Å². The standard InChI is InChI=1S/C27H43NO11/c1-13(14(2)29)19(30)28-20-18(39-24(28)34)17(38-23(33)27(9,10)11)16(37-20)15(36-22(32)26(6,7)8)12-35-21(31)25(3,4)5/h13-18,20,29H,12H2,1-11H3/t13-,14+,15+,16+,17-,18+,20-/m0/s1. The number of aliphatic hydroxyl groups excluding tert-OH is 1. The van der Waals surface area contributed by atoms with E-state index in [0.29, 0.717) is 0 Å². The van der Waals surface area contributed by atoms with Gasteiger partial charge in [0.1, 0.15) is 12.7 Å². The van der Waals surface area contributed by atoms with Gasteiger partial charge in [0.25, 0.3) is 0 Å². The van der Waals surface area contributed by atoms with Gasteiger partial charge in [-0.3, -0.25) is 19.2 Å². The smallest absolute Gasteiger partial charge is 0.419 e. The lowest BCUT2D eigenvalue weighted by molar-refractivity contribution is -0.191. The molecule has 0 aliphatic carbocycles. The van der Waals surface area contributed by atoms with Crippen LogP contribution in [0.5, 0.6) is 0 Å². The summed E-state index contributed by atoms with van der Waals surface area (Å²) in [4.78, 5) is 64.9. The summed E-state index contributed by atoms with van der Waals surface area (Å²) in [6.07, 6.45) is -8.56. The highest BCUT2D eigenvalue weighted by atomic mass is 16.7. The van der Waals surface area contributed by atoms with Crippen molar-refractivity contribution in [3.8, 4) is 0 Å². The molecule has 2 aliphatic heterocycles. The zero-order chi connectivity index (χ0) is 30.2. The monoisotopic (exact) mass is 557 g/mol. The van der Waals surface area contributed by atoms with Gasteiger partial charge in [-0.15, -0.1) is 0 Å². The van der Waals surface area contributed by atoms with Gasteiger partial charge >= 0.3 is 24.0 Å². The van der Waals surface area contributed by atoms with Crippen LogP contribution in [-0.2, 0) is 42.9 Å².